The van der Waals surface area contributed by atoms with Crippen molar-refractivity contribution in [2.75, 3.05) is 46.2 Å². The number of carboxylic acid groups (broad SMARTS) is 3. The smallest absolute Gasteiger partial charge is 0.306 e. The summed E-state index contributed by atoms with van der Waals surface area (Å²) in [4.78, 5) is 57.0. The zero-order valence-corrected chi connectivity index (χ0v) is 23.9. The van der Waals surface area contributed by atoms with Crippen molar-refractivity contribution in [2.45, 2.75) is 64.4 Å². The van der Waals surface area contributed by atoms with E-state index in [0.29, 0.717) is 19.3 Å². The van der Waals surface area contributed by atoms with E-state index in [1.165, 1.54) is 0 Å². The third kappa shape index (κ3) is 19.5. The minimum atomic E-state index is -1.05. The first-order valence-corrected chi connectivity index (χ1v) is 14.0. The van der Waals surface area contributed by atoms with Gasteiger partial charge in [-0.25, -0.2) is 0 Å². The molecular formula is C29H43NO12. The number of carbonyl (C=O) groups excluding carboxylic acids is 2. The Balaban J connectivity index is 2.51. The van der Waals surface area contributed by atoms with Gasteiger partial charge in [-0.3, -0.25) is 24.0 Å². The molecule has 0 aliphatic carbocycles. The van der Waals surface area contributed by atoms with Crippen LogP contribution in [0, 0.1) is 5.41 Å². The summed E-state index contributed by atoms with van der Waals surface area (Å²) >= 11 is 0. The van der Waals surface area contributed by atoms with Gasteiger partial charge in [0.25, 0.3) is 0 Å². The lowest BCUT2D eigenvalue weighted by molar-refractivity contribution is -0.145. The van der Waals surface area contributed by atoms with E-state index in [0.717, 1.165) is 18.4 Å². The van der Waals surface area contributed by atoms with Crippen molar-refractivity contribution in [1.82, 2.24) is 5.32 Å². The maximum Gasteiger partial charge on any atom is 0.306 e. The van der Waals surface area contributed by atoms with E-state index in [4.69, 9.17) is 34.3 Å². The van der Waals surface area contributed by atoms with Crippen LogP contribution in [0.25, 0.3) is 0 Å². The molecule has 0 saturated carbocycles. The fourth-order valence-corrected chi connectivity index (χ4v) is 3.72. The minimum Gasteiger partial charge on any atom is -0.481 e. The summed E-state index contributed by atoms with van der Waals surface area (Å²) in [7, 11) is 0. The van der Waals surface area contributed by atoms with Crippen LogP contribution < -0.4 is 5.32 Å². The van der Waals surface area contributed by atoms with Gasteiger partial charge in [0, 0.05) is 19.4 Å². The second-order valence-electron chi connectivity index (χ2n) is 9.93. The molecule has 0 aliphatic heterocycles. The van der Waals surface area contributed by atoms with Crippen molar-refractivity contribution in [3.8, 4) is 0 Å². The number of carboxylic acids is 3. The molecule has 42 heavy (non-hydrogen) atoms. The number of ether oxygens (including phenoxy) is 4. The Kier molecular flexibility index (Phi) is 19.2. The molecule has 1 amide bonds. The van der Waals surface area contributed by atoms with Crippen molar-refractivity contribution in [1.29, 1.82) is 0 Å². The number of nitrogens with one attached hydrogen (secondary N) is 1. The molecule has 1 aromatic carbocycles. The van der Waals surface area contributed by atoms with Crippen LogP contribution in [-0.4, -0.2) is 91.3 Å². The Morgan fingerprint density at radius 1 is 0.643 bits per heavy atom. The van der Waals surface area contributed by atoms with Crippen molar-refractivity contribution in [2.24, 2.45) is 5.41 Å². The van der Waals surface area contributed by atoms with Gasteiger partial charge >= 0.3 is 23.9 Å². The first-order chi connectivity index (χ1) is 20.1. The summed E-state index contributed by atoms with van der Waals surface area (Å²) in [6.45, 7) is -0.254. The lowest BCUT2D eigenvalue weighted by Crippen LogP contribution is -2.47. The van der Waals surface area contributed by atoms with E-state index in [-0.39, 0.29) is 90.4 Å². The topological polar surface area (TPSA) is 195 Å². The average molecular weight is 598 g/mol. The van der Waals surface area contributed by atoms with Crippen molar-refractivity contribution in [3.05, 3.63) is 35.9 Å². The summed E-state index contributed by atoms with van der Waals surface area (Å²) in [6.07, 6.45) is 2.53. The number of benzene rings is 1. The predicted octanol–water partition coefficient (Wildman–Crippen LogP) is 2.65. The highest BCUT2D eigenvalue weighted by Gasteiger charge is 2.33. The highest BCUT2D eigenvalue weighted by Crippen LogP contribution is 2.20. The van der Waals surface area contributed by atoms with Crippen LogP contribution in [0.1, 0.15) is 63.4 Å². The quantitative estimate of drug-likeness (QED) is 0.0902. The third-order valence-corrected chi connectivity index (χ3v) is 6.04. The molecule has 0 fully saturated rings. The van der Waals surface area contributed by atoms with Crippen LogP contribution in [0.4, 0.5) is 0 Å². The first kappa shape index (κ1) is 36.5. The molecule has 4 N–H and O–H groups in total. The zero-order chi connectivity index (χ0) is 31.1. The molecule has 13 nitrogen and oxygen atoms in total. The van der Waals surface area contributed by atoms with E-state index in [2.05, 4.69) is 5.32 Å². The van der Waals surface area contributed by atoms with Gasteiger partial charge < -0.3 is 39.6 Å². The second kappa shape index (κ2) is 22.1. The molecule has 13 heteroatoms. The molecule has 0 spiro atoms. The van der Waals surface area contributed by atoms with Crippen LogP contribution in [0.3, 0.4) is 0 Å². The molecule has 0 heterocycles. The van der Waals surface area contributed by atoms with Gasteiger partial charge in [0.2, 0.25) is 5.91 Å². The van der Waals surface area contributed by atoms with E-state index in [9.17, 15) is 24.0 Å². The number of unbranched alkanes of at least 4 members (excludes halogenated alkanes) is 3. The van der Waals surface area contributed by atoms with Crippen molar-refractivity contribution < 1.29 is 58.2 Å². The van der Waals surface area contributed by atoms with Crippen LogP contribution in [0.2, 0.25) is 0 Å². The second-order valence-corrected chi connectivity index (χ2v) is 9.93. The molecule has 0 unspecified atom stereocenters. The molecular weight excluding hydrogens is 554 g/mol. The van der Waals surface area contributed by atoms with Gasteiger partial charge in [-0.1, -0.05) is 43.2 Å². The molecule has 0 saturated heterocycles. The lowest BCUT2D eigenvalue weighted by atomic mass is 9.90. The van der Waals surface area contributed by atoms with Gasteiger partial charge in [0.05, 0.1) is 64.3 Å². The Labute approximate surface area is 245 Å². The van der Waals surface area contributed by atoms with Crippen LogP contribution in [0.5, 0.6) is 0 Å². The van der Waals surface area contributed by atoms with E-state index < -0.39 is 23.3 Å². The van der Waals surface area contributed by atoms with Gasteiger partial charge in [-0.2, -0.15) is 0 Å². The highest BCUT2D eigenvalue weighted by atomic mass is 16.5. The number of carbonyl (C=O) groups is 5. The lowest BCUT2D eigenvalue weighted by Gasteiger charge is -2.33. The van der Waals surface area contributed by atoms with Crippen LogP contribution in [-0.2, 0) is 49.5 Å². The number of esters is 1. The predicted molar refractivity (Wildman–Crippen MR) is 149 cm³/mol. The number of hydrogen-bond donors (Lipinski definition) is 4. The average Bonchev–Trinajstić information content (AvgIpc) is 2.95. The highest BCUT2D eigenvalue weighted by molar-refractivity contribution is 5.75. The Hall–Kier alpha value is -3.55. The molecule has 0 radical (unpaired) electrons. The van der Waals surface area contributed by atoms with Crippen molar-refractivity contribution in [3.63, 3.8) is 0 Å². The number of amides is 1. The molecule has 1 aromatic rings. The first-order valence-electron chi connectivity index (χ1n) is 14.0. The van der Waals surface area contributed by atoms with Gasteiger partial charge in [-0.15, -0.1) is 0 Å². The summed E-state index contributed by atoms with van der Waals surface area (Å²) < 4.78 is 21.8. The zero-order valence-electron chi connectivity index (χ0n) is 23.9. The monoisotopic (exact) mass is 597 g/mol. The molecule has 236 valence electrons. The summed E-state index contributed by atoms with van der Waals surface area (Å²) in [5.74, 6) is -3.66. The standard InChI is InChI=1S/C29H43NO12/c31-24(10-6-1-2-7-11-28(38)42-18-23-8-4-3-5-9-23)30-19-29(20-39-15-12-25(32)33,21-40-16-13-26(34)35)22-41-17-14-27(36)37/h3-5,8-9H,1-2,6-7,10-22H2,(H,30,31)(H,32,33)(H,34,35)(H,36,37). The minimum absolute atomic E-state index is 0.0201. The van der Waals surface area contributed by atoms with E-state index >= 15 is 0 Å². The fourth-order valence-electron chi connectivity index (χ4n) is 3.72. The van der Waals surface area contributed by atoms with Crippen LogP contribution >= 0.6 is 0 Å². The maximum atomic E-state index is 12.6. The summed E-state index contributed by atoms with van der Waals surface area (Å²) in [6, 6.07) is 9.41. The van der Waals surface area contributed by atoms with Gasteiger partial charge in [0.15, 0.2) is 0 Å². The SMILES string of the molecule is O=C(O)CCOCC(CNC(=O)CCCCCCC(=O)OCc1ccccc1)(COCCC(=O)O)COCCC(=O)O. The van der Waals surface area contributed by atoms with Gasteiger partial charge in [-0.05, 0) is 18.4 Å². The molecule has 0 aliphatic rings. The summed E-state index contributed by atoms with van der Waals surface area (Å²) in [5.41, 5.74) is -0.0861. The summed E-state index contributed by atoms with van der Waals surface area (Å²) in [5, 5.41) is 29.5. The molecule has 0 atom stereocenters. The maximum absolute atomic E-state index is 12.6. The number of hydrogen-bond acceptors (Lipinski definition) is 9. The number of rotatable bonds is 26. The fraction of sp³-hybridized carbons (Fsp3) is 0.621. The Bertz CT molecular complexity index is 898. The largest absolute Gasteiger partial charge is 0.481 e. The van der Waals surface area contributed by atoms with Crippen molar-refractivity contribution >= 4 is 29.8 Å². The van der Waals surface area contributed by atoms with Gasteiger partial charge in [0.1, 0.15) is 6.61 Å². The molecule has 0 aromatic heterocycles. The third-order valence-electron chi connectivity index (χ3n) is 6.04. The van der Waals surface area contributed by atoms with E-state index in [1.807, 2.05) is 30.3 Å². The normalized spacial score (nSPS) is 11.1. The Morgan fingerprint density at radius 2 is 1.12 bits per heavy atom. The van der Waals surface area contributed by atoms with Crippen LogP contribution in [0.15, 0.2) is 30.3 Å². The van der Waals surface area contributed by atoms with E-state index in [1.54, 1.807) is 0 Å². The Morgan fingerprint density at radius 3 is 1.60 bits per heavy atom. The number of aliphatic carboxylic acids is 3. The molecule has 0 bridgehead atoms. The molecule has 1 rings (SSSR count).